The van der Waals surface area contributed by atoms with Gasteiger partial charge in [-0.05, 0) is 194 Å². The summed E-state index contributed by atoms with van der Waals surface area (Å²) in [5, 5.41) is 3.87. The third-order valence-corrected chi connectivity index (χ3v) is 17.9. The van der Waals surface area contributed by atoms with Gasteiger partial charge in [-0.15, -0.1) is 6.58 Å². The molecule has 5 nitrogen and oxygen atoms in total. The SMILES string of the molecule is C=CC.CN.CN(C)C12CCCCC1CCC2.CNC12CCCC1C1CCC3C4(C)CC=C(c5ccc(C(=O)OC)cc5)C(C)C4CCC3(C)[C@]1(C)CC2. The smallest absolute Gasteiger partial charge is 0.337 e. The predicted octanol–water partition coefficient (Wildman–Crippen LogP) is 11.3. The largest absolute Gasteiger partial charge is 0.465 e. The highest BCUT2D eigenvalue weighted by molar-refractivity contribution is 5.89. The molecule has 7 aliphatic carbocycles. The van der Waals surface area contributed by atoms with Crippen LogP contribution in [0.4, 0.5) is 0 Å². The average Bonchev–Trinajstić information content (AvgIpc) is 3.83. The maximum Gasteiger partial charge on any atom is 0.337 e. The van der Waals surface area contributed by atoms with Gasteiger partial charge in [-0.2, -0.15) is 0 Å². The Kier molecular flexibility index (Phi) is 13.8. The minimum absolute atomic E-state index is 0.257. The molecular formula is C49H81N3O2. The molecule has 8 rings (SSSR count). The summed E-state index contributed by atoms with van der Waals surface area (Å²) in [6.07, 6.45) is 28.5. The first-order chi connectivity index (χ1) is 25.8. The average molecular weight is 744 g/mol. The lowest BCUT2D eigenvalue weighted by atomic mass is 9.34. The van der Waals surface area contributed by atoms with Crippen molar-refractivity contribution in [1.82, 2.24) is 10.2 Å². The van der Waals surface area contributed by atoms with Crippen LogP contribution in [0.1, 0.15) is 160 Å². The van der Waals surface area contributed by atoms with E-state index in [0.29, 0.717) is 38.8 Å². The van der Waals surface area contributed by atoms with Crippen LogP contribution in [0, 0.1) is 51.8 Å². The van der Waals surface area contributed by atoms with Crippen molar-refractivity contribution < 1.29 is 9.53 Å². The molecule has 0 aromatic heterocycles. The van der Waals surface area contributed by atoms with Gasteiger partial charge in [0, 0.05) is 11.1 Å². The Labute approximate surface area is 332 Å². The van der Waals surface area contributed by atoms with Crippen LogP contribution in [0.15, 0.2) is 43.0 Å². The number of rotatable bonds is 4. The molecule has 1 aromatic rings. The third kappa shape index (κ3) is 7.12. The van der Waals surface area contributed by atoms with Crippen molar-refractivity contribution in [3.63, 3.8) is 0 Å². The molecule has 5 heteroatoms. The Morgan fingerprint density at radius 3 is 2.11 bits per heavy atom. The van der Waals surface area contributed by atoms with E-state index in [0.717, 1.165) is 29.6 Å². The molecule has 10 unspecified atom stereocenters. The van der Waals surface area contributed by atoms with Crippen molar-refractivity contribution in [3.05, 3.63) is 54.1 Å². The van der Waals surface area contributed by atoms with E-state index in [1.54, 1.807) is 6.08 Å². The Bertz CT molecular complexity index is 1450. The van der Waals surface area contributed by atoms with Gasteiger partial charge >= 0.3 is 5.97 Å². The molecule has 3 N–H and O–H groups in total. The first kappa shape index (κ1) is 43.2. The van der Waals surface area contributed by atoms with Crippen LogP contribution < -0.4 is 11.1 Å². The van der Waals surface area contributed by atoms with Crippen LogP contribution >= 0.6 is 0 Å². The summed E-state index contributed by atoms with van der Waals surface area (Å²) >= 11 is 0. The standard InChI is InChI=1S/C34H49NO2.C11H21N.C3H6.CH5N/c1-22-25(23-9-11-24(12-10-23)30(36)37-6)15-18-31(2)26(22)16-19-33(4)29(31)14-13-27-28-8-7-17-34(28,35-5)21-20-32(27,33)3;1-12(2)11-8-4-3-6-10(11)7-5-9-11;1-3-2;1-2/h9-12,15,22,26-29,35H,7-8,13-14,16-21H2,1-6H3;10H,3-9H2,1-2H3;3H,1H2,2H3;2H2,1H3/t22?,26?,27?,28?,29?,31?,32-,33?,34?;;;/m1.../s1. The number of carbonyl (C=O) groups is 1. The fourth-order valence-electron chi connectivity index (χ4n) is 15.0. The molecule has 0 spiro atoms. The second-order valence-corrected chi connectivity index (χ2v) is 19.6. The lowest BCUT2D eigenvalue weighted by Gasteiger charge is -2.71. The van der Waals surface area contributed by atoms with Gasteiger partial charge < -0.3 is 20.7 Å². The number of benzene rings is 1. The molecule has 1 aromatic carbocycles. The van der Waals surface area contributed by atoms with Crippen molar-refractivity contribution in [2.24, 2.45) is 57.5 Å². The van der Waals surface area contributed by atoms with E-state index in [-0.39, 0.29) is 5.97 Å². The van der Waals surface area contributed by atoms with Crippen LogP contribution in [0.2, 0.25) is 0 Å². The number of fused-ring (bicyclic) bond motifs is 8. The normalized spacial score (nSPS) is 41.6. The summed E-state index contributed by atoms with van der Waals surface area (Å²) in [6, 6.07) is 8.13. The maximum atomic E-state index is 11.9. The van der Waals surface area contributed by atoms with E-state index in [2.05, 4.69) is 89.6 Å². The highest BCUT2D eigenvalue weighted by Crippen LogP contribution is 2.75. The molecule has 11 atom stereocenters. The number of nitrogens with two attached hydrogens (primary N) is 1. The molecule has 7 aliphatic rings. The monoisotopic (exact) mass is 744 g/mol. The van der Waals surface area contributed by atoms with Crippen molar-refractivity contribution >= 4 is 11.5 Å². The van der Waals surface area contributed by atoms with Gasteiger partial charge in [0.15, 0.2) is 0 Å². The minimum atomic E-state index is -0.257. The summed E-state index contributed by atoms with van der Waals surface area (Å²) in [4.78, 5) is 14.5. The van der Waals surface area contributed by atoms with Crippen LogP contribution in [0.5, 0.6) is 0 Å². The van der Waals surface area contributed by atoms with Crippen molar-refractivity contribution in [3.8, 4) is 0 Å². The topological polar surface area (TPSA) is 67.6 Å². The fourth-order valence-corrected chi connectivity index (χ4v) is 15.0. The molecule has 0 amide bonds. The first-order valence-corrected chi connectivity index (χ1v) is 22.2. The van der Waals surface area contributed by atoms with E-state index < -0.39 is 0 Å². The molecule has 0 bridgehead atoms. The molecule has 304 valence electrons. The molecule has 0 aliphatic heterocycles. The molecule has 54 heavy (non-hydrogen) atoms. The van der Waals surface area contributed by atoms with Crippen molar-refractivity contribution in [2.45, 2.75) is 155 Å². The fraction of sp³-hybridized carbons (Fsp3) is 0.776. The molecular weight excluding hydrogens is 663 g/mol. The van der Waals surface area contributed by atoms with Crippen LogP contribution in [-0.2, 0) is 4.74 Å². The number of allylic oxidation sites excluding steroid dienone is 3. The number of hydrogen-bond donors (Lipinski definition) is 2. The third-order valence-electron chi connectivity index (χ3n) is 17.9. The molecule has 6 fully saturated rings. The number of methoxy groups -OCH3 is 1. The highest BCUT2D eigenvalue weighted by atomic mass is 16.5. The Balaban J connectivity index is 0.000000274. The summed E-state index contributed by atoms with van der Waals surface area (Å²) in [5.74, 6) is 4.63. The van der Waals surface area contributed by atoms with Crippen LogP contribution in [0.25, 0.3) is 5.57 Å². The Morgan fingerprint density at radius 1 is 0.833 bits per heavy atom. The van der Waals surface area contributed by atoms with Crippen molar-refractivity contribution in [2.75, 3.05) is 35.3 Å². The van der Waals surface area contributed by atoms with Gasteiger partial charge in [-0.3, -0.25) is 0 Å². The zero-order valence-electron chi connectivity index (χ0n) is 36.5. The van der Waals surface area contributed by atoms with E-state index in [4.69, 9.17) is 4.74 Å². The van der Waals surface area contributed by atoms with Gasteiger partial charge in [0.1, 0.15) is 0 Å². The summed E-state index contributed by atoms with van der Waals surface area (Å²) in [5.41, 5.74) is 10.2. The Hall–Kier alpha value is -1.95. The van der Waals surface area contributed by atoms with E-state index in [1.165, 1.54) is 134 Å². The van der Waals surface area contributed by atoms with E-state index >= 15 is 0 Å². The number of hydrogen-bond acceptors (Lipinski definition) is 5. The zero-order valence-corrected chi connectivity index (χ0v) is 36.5. The highest BCUT2D eigenvalue weighted by Gasteiger charge is 2.68. The number of esters is 1. The van der Waals surface area contributed by atoms with E-state index in [9.17, 15) is 4.79 Å². The van der Waals surface area contributed by atoms with Gasteiger partial charge in [0.2, 0.25) is 0 Å². The van der Waals surface area contributed by atoms with Crippen LogP contribution in [0.3, 0.4) is 0 Å². The molecule has 6 saturated carbocycles. The Morgan fingerprint density at radius 2 is 1.48 bits per heavy atom. The van der Waals surface area contributed by atoms with Gasteiger partial charge in [-0.1, -0.05) is 77.7 Å². The zero-order chi connectivity index (χ0) is 39.5. The second-order valence-electron chi connectivity index (χ2n) is 19.6. The quantitative estimate of drug-likeness (QED) is 0.237. The predicted molar refractivity (Wildman–Crippen MR) is 229 cm³/mol. The number of carbonyl (C=O) groups excluding carboxylic acids is 1. The first-order valence-electron chi connectivity index (χ1n) is 22.2. The number of nitrogens with one attached hydrogen (secondary N) is 1. The summed E-state index contributed by atoms with van der Waals surface area (Å²) < 4.78 is 4.91. The van der Waals surface area contributed by atoms with Gasteiger partial charge in [-0.25, -0.2) is 4.79 Å². The number of ether oxygens (including phenoxy) is 1. The number of nitrogens with zero attached hydrogens (tertiary/aromatic N) is 1. The molecule has 0 heterocycles. The lowest BCUT2D eigenvalue weighted by molar-refractivity contribution is -0.211. The minimum Gasteiger partial charge on any atom is -0.465 e. The maximum absolute atomic E-state index is 11.9. The van der Waals surface area contributed by atoms with Gasteiger partial charge in [0.25, 0.3) is 0 Å². The van der Waals surface area contributed by atoms with Crippen LogP contribution in [-0.4, -0.2) is 57.2 Å². The van der Waals surface area contributed by atoms with E-state index in [1.807, 2.05) is 19.1 Å². The van der Waals surface area contributed by atoms with Gasteiger partial charge in [0.05, 0.1) is 12.7 Å². The lowest BCUT2D eigenvalue weighted by Crippen LogP contribution is -2.66. The summed E-state index contributed by atoms with van der Waals surface area (Å²) in [7, 11) is 9.76. The molecule has 0 radical (unpaired) electrons. The van der Waals surface area contributed by atoms with Crippen molar-refractivity contribution in [1.29, 1.82) is 0 Å². The second kappa shape index (κ2) is 17.3. The summed E-state index contributed by atoms with van der Waals surface area (Å²) in [6.45, 7) is 15.9. The molecule has 0 saturated heterocycles.